The van der Waals surface area contributed by atoms with Crippen LogP contribution in [-0.4, -0.2) is 71.2 Å². The van der Waals surface area contributed by atoms with Crippen LogP contribution in [0.2, 0.25) is 0 Å². The van der Waals surface area contributed by atoms with Crippen LogP contribution in [0.1, 0.15) is 17.7 Å². The molecule has 0 unspecified atom stereocenters. The highest BCUT2D eigenvalue weighted by Crippen LogP contribution is 2.33. The molecule has 5 heterocycles. The molecule has 2 aromatic carbocycles. The number of benzene rings is 2. The number of ether oxygens (including phenoxy) is 1. The Hall–Kier alpha value is -5.62. The molecular formula is C34H34N10O2. The van der Waals surface area contributed by atoms with Crippen LogP contribution in [0, 0.1) is 13.8 Å². The molecule has 0 aliphatic carbocycles. The van der Waals surface area contributed by atoms with Crippen LogP contribution in [0.5, 0.6) is 5.88 Å². The van der Waals surface area contributed by atoms with E-state index in [1.807, 2.05) is 87.8 Å². The number of hydrogen-bond donors (Lipinski definition) is 3. The van der Waals surface area contributed by atoms with Crippen molar-refractivity contribution in [1.82, 2.24) is 39.6 Å². The predicted octanol–water partition coefficient (Wildman–Crippen LogP) is 5.27. The summed E-state index contributed by atoms with van der Waals surface area (Å²) < 4.78 is 7.97. The first-order chi connectivity index (χ1) is 22.4. The first-order valence-corrected chi connectivity index (χ1v) is 15.2. The topological polar surface area (TPSA) is 139 Å². The summed E-state index contributed by atoms with van der Waals surface area (Å²) >= 11 is 0. The fraction of sp³-hybridized carbons (Fsp3) is 0.235. The Morgan fingerprint density at radius 2 is 1.93 bits per heavy atom. The van der Waals surface area contributed by atoms with Crippen LogP contribution >= 0.6 is 0 Å². The Kier molecular flexibility index (Phi) is 7.85. The van der Waals surface area contributed by atoms with E-state index >= 15 is 0 Å². The summed E-state index contributed by atoms with van der Waals surface area (Å²) in [4.78, 5) is 36.6. The third-order valence-corrected chi connectivity index (χ3v) is 8.17. The number of aromatic amines is 1. The number of anilines is 3. The number of likely N-dealkylation sites (tertiary alicyclic amines) is 1. The predicted molar refractivity (Wildman–Crippen MR) is 177 cm³/mol. The lowest BCUT2D eigenvalue weighted by atomic mass is 10.1. The zero-order valence-corrected chi connectivity index (χ0v) is 25.9. The van der Waals surface area contributed by atoms with Gasteiger partial charge in [-0.2, -0.15) is 5.10 Å². The van der Waals surface area contributed by atoms with Gasteiger partial charge in [0, 0.05) is 66.9 Å². The van der Waals surface area contributed by atoms with Crippen molar-refractivity contribution < 1.29 is 9.53 Å². The molecule has 0 radical (unpaired) electrons. The van der Waals surface area contributed by atoms with Crippen LogP contribution in [-0.2, 0) is 11.8 Å². The molecule has 1 fully saturated rings. The van der Waals surface area contributed by atoms with Gasteiger partial charge in [-0.25, -0.2) is 19.9 Å². The number of para-hydroxylation sites is 1. The summed E-state index contributed by atoms with van der Waals surface area (Å²) in [5.74, 6) is 1.59. The van der Waals surface area contributed by atoms with Crippen molar-refractivity contribution >= 4 is 34.3 Å². The van der Waals surface area contributed by atoms with Crippen molar-refractivity contribution in [2.45, 2.75) is 26.4 Å². The molecule has 3 N–H and O–H groups in total. The minimum Gasteiger partial charge on any atom is -0.473 e. The molecule has 4 aromatic heterocycles. The lowest BCUT2D eigenvalue weighted by Crippen LogP contribution is -2.33. The van der Waals surface area contributed by atoms with Crippen molar-refractivity contribution in [3.63, 3.8) is 0 Å². The molecule has 1 atom stereocenters. The zero-order chi connectivity index (χ0) is 31.6. The SMILES string of the molecule is Cc1cnc(Nc2cc(C)n(C)n2)nc1-c1c[nH]c2c(NC(=O)CN3CC[C@H](Oc4cc(-c5ccccc5)ncn4)C3)cccc12. The van der Waals surface area contributed by atoms with E-state index in [4.69, 9.17) is 9.72 Å². The molecule has 1 aliphatic heterocycles. The molecule has 0 spiro atoms. The maximum Gasteiger partial charge on any atom is 0.238 e. The molecule has 1 saturated heterocycles. The number of carbonyl (C=O) groups excluding carboxylic acids is 1. The lowest BCUT2D eigenvalue weighted by molar-refractivity contribution is -0.117. The number of H-pyrrole nitrogens is 1. The van der Waals surface area contributed by atoms with E-state index in [9.17, 15) is 4.79 Å². The smallest absolute Gasteiger partial charge is 0.238 e. The van der Waals surface area contributed by atoms with Crippen LogP contribution in [0.3, 0.4) is 0 Å². The quantitative estimate of drug-likeness (QED) is 0.199. The van der Waals surface area contributed by atoms with Gasteiger partial charge in [0.25, 0.3) is 0 Å². The number of amides is 1. The van der Waals surface area contributed by atoms with E-state index in [0.29, 0.717) is 29.9 Å². The Morgan fingerprint density at radius 1 is 1.07 bits per heavy atom. The van der Waals surface area contributed by atoms with E-state index in [1.165, 1.54) is 6.33 Å². The number of aryl methyl sites for hydroxylation is 3. The normalized spacial score (nSPS) is 14.9. The van der Waals surface area contributed by atoms with Crippen molar-refractivity contribution in [3.8, 4) is 28.4 Å². The molecule has 0 saturated carbocycles. The first-order valence-electron chi connectivity index (χ1n) is 15.2. The number of aromatic nitrogens is 7. The van der Waals surface area contributed by atoms with Crippen LogP contribution in [0.4, 0.5) is 17.5 Å². The summed E-state index contributed by atoms with van der Waals surface area (Å²) in [6.07, 6.45) is 5.99. The molecule has 232 valence electrons. The molecule has 46 heavy (non-hydrogen) atoms. The van der Waals surface area contributed by atoms with E-state index in [-0.39, 0.29) is 18.6 Å². The average molecular weight is 615 g/mol. The molecule has 1 amide bonds. The second-order valence-electron chi connectivity index (χ2n) is 11.5. The van der Waals surface area contributed by atoms with Gasteiger partial charge < -0.3 is 20.4 Å². The molecule has 7 rings (SSSR count). The number of carbonyl (C=O) groups is 1. The van der Waals surface area contributed by atoms with Crippen molar-refractivity contribution in [3.05, 3.63) is 90.6 Å². The third-order valence-electron chi connectivity index (χ3n) is 8.17. The summed E-state index contributed by atoms with van der Waals surface area (Å²) in [5.41, 5.74) is 7.04. The minimum atomic E-state index is -0.0898. The van der Waals surface area contributed by atoms with Crippen LogP contribution < -0.4 is 15.4 Å². The number of nitrogens with zero attached hydrogens (tertiary/aromatic N) is 7. The summed E-state index contributed by atoms with van der Waals surface area (Å²) in [7, 11) is 1.89. The molecule has 6 aromatic rings. The standard InChI is InChI=1S/C34H34N10O2/c1-21-16-36-34(40-29-14-22(2)43(3)42-29)41-32(21)26-17-35-33-25(26)10-7-11-27(33)39-30(45)19-44-13-12-24(18-44)46-31-15-28(37-20-38-31)23-8-5-4-6-9-23/h4-11,14-17,20,24,35H,12-13,18-19H2,1-3H3,(H,39,45)(H,36,40,41,42)/t24-/m0/s1. The third kappa shape index (κ3) is 6.15. The van der Waals surface area contributed by atoms with Gasteiger partial charge in [0.2, 0.25) is 17.7 Å². The summed E-state index contributed by atoms with van der Waals surface area (Å²) in [6.45, 7) is 5.62. The van der Waals surface area contributed by atoms with Gasteiger partial charge in [0.1, 0.15) is 12.4 Å². The van der Waals surface area contributed by atoms with E-state index in [2.05, 4.69) is 40.6 Å². The monoisotopic (exact) mass is 614 g/mol. The van der Waals surface area contributed by atoms with Gasteiger partial charge in [-0.1, -0.05) is 42.5 Å². The largest absolute Gasteiger partial charge is 0.473 e. The van der Waals surface area contributed by atoms with Gasteiger partial charge in [-0.3, -0.25) is 14.4 Å². The van der Waals surface area contributed by atoms with Crippen LogP contribution in [0.15, 0.2) is 79.4 Å². The molecule has 12 nitrogen and oxygen atoms in total. The number of nitrogens with one attached hydrogen (secondary N) is 3. The highest BCUT2D eigenvalue weighted by molar-refractivity contribution is 6.06. The number of fused-ring (bicyclic) bond motifs is 1. The van der Waals surface area contributed by atoms with E-state index < -0.39 is 0 Å². The van der Waals surface area contributed by atoms with Gasteiger partial charge in [0.05, 0.1) is 29.1 Å². The fourth-order valence-corrected chi connectivity index (χ4v) is 5.74. The lowest BCUT2D eigenvalue weighted by Gasteiger charge is -2.16. The summed E-state index contributed by atoms with van der Waals surface area (Å²) in [5, 5.41) is 11.7. The second-order valence-corrected chi connectivity index (χ2v) is 11.5. The molecular weight excluding hydrogens is 580 g/mol. The zero-order valence-electron chi connectivity index (χ0n) is 25.9. The maximum absolute atomic E-state index is 13.2. The molecule has 0 bridgehead atoms. The minimum absolute atomic E-state index is 0.0575. The highest BCUT2D eigenvalue weighted by atomic mass is 16.5. The number of rotatable bonds is 9. The summed E-state index contributed by atoms with van der Waals surface area (Å²) in [6, 6.07) is 19.6. The highest BCUT2D eigenvalue weighted by Gasteiger charge is 2.26. The Balaban J connectivity index is 1.00. The Morgan fingerprint density at radius 3 is 2.76 bits per heavy atom. The first kappa shape index (κ1) is 29.1. The second kappa shape index (κ2) is 12.4. The average Bonchev–Trinajstić information content (AvgIpc) is 3.77. The van der Waals surface area contributed by atoms with Crippen LogP contribution in [0.25, 0.3) is 33.4 Å². The van der Waals surface area contributed by atoms with E-state index in [1.54, 1.807) is 10.9 Å². The Labute approximate surface area is 265 Å². The molecule has 1 aliphatic rings. The van der Waals surface area contributed by atoms with E-state index in [0.717, 1.165) is 57.6 Å². The van der Waals surface area contributed by atoms with Crippen molar-refractivity contribution in [1.29, 1.82) is 0 Å². The van der Waals surface area contributed by atoms with Gasteiger partial charge in [-0.05, 0) is 31.9 Å². The Bertz CT molecular complexity index is 2000. The van der Waals surface area contributed by atoms with Crippen molar-refractivity contribution in [2.24, 2.45) is 7.05 Å². The van der Waals surface area contributed by atoms with Gasteiger partial charge >= 0.3 is 0 Å². The maximum atomic E-state index is 13.2. The molecule has 12 heteroatoms. The van der Waals surface area contributed by atoms with Gasteiger partial charge in [0.15, 0.2) is 5.82 Å². The van der Waals surface area contributed by atoms with Gasteiger partial charge in [-0.15, -0.1) is 0 Å². The van der Waals surface area contributed by atoms with Crippen molar-refractivity contribution in [2.75, 3.05) is 30.3 Å². The fourth-order valence-electron chi connectivity index (χ4n) is 5.74. The number of hydrogen-bond acceptors (Lipinski definition) is 9.